The van der Waals surface area contributed by atoms with Gasteiger partial charge in [0.05, 0.1) is 12.7 Å². The predicted octanol–water partition coefficient (Wildman–Crippen LogP) is 2.88. The molecule has 1 aliphatic carbocycles. The minimum atomic E-state index is -0.594. The highest BCUT2D eigenvalue weighted by atomic mass is 16.5. The molecule has 3 aromatic rings. The van der Waals surface area contributed by atoms with Gasteiger partial charge >= 0.3 is 11.7 Å². The van der Waals surface area contributed by atoms with Crippen LogP contribution in [0, 0.1) is 6.10 Å². The number of esters is 1. The van der Waals surface area contributed by atoms with Crippen LogP contribution in [0.3, 0.4) is 0 Å². The third kappa shape index (κ3) is 4.41. The van der Waals surface area contributed by atoms with Crippen LogP contribution < -0.4 is 11.2 Å². The van der Waals surface area contributed by atoms with Crippen LogP contribution in [0.25, 0.3) is 0 Å². The van der Waals surface area contributed by atoms with Crippen LogP contribution in [0.1, 0.15) is 42.5 Å². The number of hydrogen-bond donors (Lipinski definition) is 1. The number of aliphatic hydroxyl groups is 1. The third-order valence-electron chi connectivity index (χ3n) is 6.34. The van der Waals surface area contributed by atoms with Crippen molar-refractivity contribution in [2.75, 3.05) is 6.61 Å². The maximum atomic E-state index is 13.0. The summed E-state index contributed by atoms with van der Waals surface area (Å²) in [7, 11) is 1.40. The van der Waals surface area contributed by atoms with E-state index in [-0.39, 0.29) is 31.6 Å². The van der Waals surface area contributed by atoms with Gasteiger partial charge in [0, 0.05) is 36.6 Å². The molecule has 1 radical (unpaired) electrons. The predicted molar refractivity (Wildman–Crippen MR) is 123 cm³/mol. The van der Waals surface area contributed by atoms with Gasteiger partial charge in [0.25, 0.3) is 5.56 Å². The molecule has 7 nitrogen and oxygen atoms in total. The summed E-state index contributed by atoms with van der Waals surface area (Å²) >= 11 is 0. The van der Waals surface area contributed by atoms with Gasteiger partial charge in [-0.1, -0.05) is 60.7 Å². The first-order valence-corrected chi connectivity index (χ1v) is 10.9. The zero-order chi connectivity index (χ0) is 23.6. The minimum Gasteiger partial charge on any atom is -0.464 e. The van der Waals surface area contributed by atoms with Gasteiger partial charge < -0.3 is 9.84 Å². The van der Waals surface area contributed by atoms with Gasteiger partial charge in [-0.2, -0.15) is 0 Å². The van der Waals surface area contributed by atoms with Crippen molar-refractivity contribution in [2.24, 2.45) is 7.05 Å². The van der Waals surface area contributed by atoms with E-state index in [1.165, 1.54) is 24.6 Å². The van der Waals surface area contributed by atoms with Gasteiger partial charge in [-0.25, -0.2) is 4.79 Å². The summed E-state index contributed by atoms with van der Waals surface area (Å²) in [5, 5.41) is 9.30. The van der Waals surface area contributed by atoms with Crippen molar-refractivity contribution in [1.29, 1.82) is 0 Å². The molecule has 0 amide bonds. The lowest BCUT2D eigenvalue weighted by Crippen LogP contribution is -2.41. The Kier molecular flexibility index (Phi) is 6.33. The Morgan fingerprint density at radius 2 is 1.64 bits per heavy atom. The largest absolute Gasteiger partial charge is 0.464 e. The first kappa shape index (κ1) is 22.7. The number of aliphatic hydroxyl groups excluding tert-OH is 1. The van der Waals surface area contributed by atoms with Gasteiger partial charge in [0.2, 0.25) is 0 Å². The van der Waals surface area contributed by atoms with Crippen LogP contribution in [-0.2, 0) is 28.5 Å². The maximum absolute atomic E-state index is 13.0. The number of rotatable bonds is 8. The van der Waals surface area contributed by atoms with E-state index in [2.05, 4.69) is 24.3 Å². The Morgan fingerprint density at radius 1 is 1.06 bits per heavy atom. The molecule has 33 heavy (non-hydrogen) atoms. The summed E-state index contributed by atoms with van der Waals surface area (Å²) in [5.41, 5.74) is 1.36. The zero-order valence-electron chi connectivity index (χ0n) is 18.7. The first-order chi connectivity index (χ1) is 15.8. The fourth-order valence-electron chi connectivity index (χ4n) is 4.52. The second-order valence-corrected chi connectivity index (χ2v) is 8.50. The number of ether oxygens (including phenoxy) is 1. The van der Waals surface area contributed by atoms with Crippen LogP contribution in [0.15, 0.2) is 76.3 Å². The van der Waals surface area contributed by atoms with E-state index in [0.29, 0.717) is 12.1 Å². The molecule has 1 aliphatic rings. The van der Waals surface area contributed by atoms with Crippen molar-refractivity contribution in [1.82, 2.24) is 9.13 Å². The molecule has 2 aromatic carbocycles. The molecule has 0 saturated heterocycles. The Labute approximate surface area is 191 Å². The molecule has 7 heteroatoms. The van der Waals surface area contributed by atoms with E-state index in [0.717, 1.165) is 15.7 Å². The van der Waals surface area contributed by atoms with Crippen molar-refractivity contribution in [3.05, 3.63) is 110 Å². The van der Waals surface area contributed by atoms with Crippen molar-refractivity contribution in [3.63, 3.8) is 0 Å². The van der Waals surface area contributed by atoms with E-state index < -0.39 is 22.6 Å². The third-order valence-corrected chi connectivity index (χ3v) is 6.34. The molecule has 0 spiro atoms. The molecule has 4 rings (SSSR count). The molecular formula is C26H27N2O5. The van der Waals surface area contributed by atoms with Crippen molar-refractivity contribution >= 4 is 5.97 Å². The number of hydrogen-bond acceptors (Lipinski definition) is 5. The molecule has 1 heterocycles. The molecule has 171 valence electrons. The highest BCUT2D eigenvalue weighted by Crippen LogP contribution is 2.63. The van der Waals surface area contributed by atoms with Crippen LogP contribution >= 0.6 is 0 Å². The van der Waals surface area contributed by atoms with Gasteiger partial charge in [-0.3, -0.25) is 18.7 Å². The minimum absolute atomic E-state index is 0.0262. The molecule has 0 aliphatic heterocycles. The van der Waals surface area contributed by atoms with Gasteiger partial charge in [0.1, 0.15) is 6.54 Å². The van der Waals surface area contributed by atoms with Crippen molar-refractivity contribution < 1.29 is 14.6 Å². The van der Waals surface area contributed by atoms with E-state index in [4.69, 9.17) is 4.74 Å². The molecule has 1 saturated carbocycles. The first-order valence-electron chi connectivity index (χ1n) is 10.9. The highest BCUT2D eigenvalue weighted by Gasteiger charge is 2.58. The lowest BCUT2D eigenvalue weighted by atomic mass is 9.85. The number of nitrogens with zero attached hydrogens (tertiary/aromatic N) is 2. The average Bonchev–Trinajstić information content (AvgIpc) is 3.57. The fourth-order valence-corrected chi connectivity index (χ4v) is 4.52. The topological polar surface area (TPSA) is 90.5 Å². The average molecular weight is 448 g/mol. The monoisotopic (exact) mass is 447 g/mol. The highest BCUT2D eigenvalue weighted by molar-refractivity contribution is 5.69. The molecule has 1 unspecified atom stereocenters. The number of benzene rings is 2. The maximum Gasteiger partial charge on any atom is 0.331 e. The zero-order valence-corrected chi connectivity index (χ0v) is 18.7. The lowest BCUT2D eigenvalue weighted by Gasteiger charge is -2.21. The SMILES string of the molecule is C[C](O)CCOC(=O)Cn1c(C2CC2(c2ccccc2)c2ccccc2)cc(=O)n(C)c1=O. The van der Waals surface area contributed by atoms with E-state index >= 15 is 0 Å². The van der Waals surface area contributed by atoms with Crippen LogP contribution in [0.4, 0.5) is 0 Å². The number of carbonyl (C=O) groups excluding carboxylic acids is 1. The van der Waals surface area contributed by atoms with E-state index in [9.17, 15) is 19.5 Å². The molecule has 1 aromatic heterocycles. The summed E-state index contributed by atoms with van der Waals surface area (Å²) in [6, 6.07) is 21.5. The quantitative estimate of drug-likeness (QED) is 0.536. The number of carbonyl (C=O) groups is 1. The molecule has 1 N–H and O–H groups in total. The Hall–Kier alpha value is -3.45. The lowest BCUT2D eigenvalue weighted by molar-refractivity contribution is -0.144. The van der Waals surface area contributed by atoms with Crippen LogP contribution in [-0.4, -0.2) is 26.8 Å². The molecule has 0 bridgehead atoms. The fraction of sp³-hybridized carbons (Fsp3) is 0.308. The van der Waals surface area contributed by atoms with Crippen molar-refractivity contribution in [3.8, 4) is 0 Å². The van der Waals surface area contributed by atoms with E-state index in [1.54, 1.807) is 0 Å². The molecule has 1 atom stereocenters. The second-order valence-electron chi connectivity index (χ2n) is 8.50. The van der Waals surface area contributed by atoms with Crippen LogP contribution in [0.2, 0.25) is 0 Å². The number of aromatic nitrogens is 2. The summed E-state index contributed by atoms with van der Waals surface area (Å²) < 4.78 is 7.53. The molecule has 1 fully saturated rings. The van der Waals surface area contributed by atoms with Crippen molar-refractivity contribution in [2.45, 2.75) is 37.6 Å². The van der Waals surface area contributed by atoms with Crippen LogP contribution in [0.5, 0.6) is 0 Å². The second kappa shape index (κ2) is 9.19. The summed E-state index contributed by atoms with van der Waals surface area (Å²) in [5.74, 6) is -0.742. The standard InChI is InChI=1S/C26H27N2O5/c1-18(29)13-14-33-24(31)17-28-22(15-23(30)27(2)25(28)32)21-16-26(21,19-9-5-3-6-10-19)20-11-7-4-8-12-20/h3-12,15,21,29H,13-14,16-17H2,1-2H3. The smallest absolute Gasteiger partial charge is 0.331 e. The Balaban J connectivity index is 1.75. The Morgan fingerprint density at radius 3 is 2.18 bits per heavy atom. The summed E-state index contributed by atoms with van der Waals surface area (Å²) in [6.07, 6.45) is 1.10. The summed E-state index contributed by atoms with van der Waals surface area (Å²) in [6.45, 7) is 1.25. The molecular weight excluding hydrogens is 420 g/mol. The summed E-state index contributed by atoms with van der Waals surface area (Å²) in [4.78, 5) is 38.1. The van der Waals surface area contributed by atoms with Gasteiger partial charge in [0.15, 0.2) is 0 Å². The van der Waals surface area contributed by atoms with E-state index in [1.807, 2.05) is 36.4 Å². The Bertz CT molecular complexity index is 1210. The normalized spacial score (nSPS) is 16.5. The van der Waals surface area contributed by atoms with Gasteiger partial charge in [-0.15, -0.1) is 0 Å². The van der Waals surface area contributed by atoms with Gasteiger partial charge in [-0.05, 0) is 24.5 Å².